The number of ether oxygens (including phenoxy) is 1. The zero-order chi connectivity index (χ0) is 12.3. The molecule has 0 aromatic heterocycles. The Morgan fingerprint density at radius 1 is 1.18 bits per heavy atom. The first-order chi connectivity index (χ1) is 7.95. The average molecular weight is 236 g/mol. The molecule has 2 nitrogen and oxygen atoms in total. The van der Waals surface area contributed by atoms with Crippen LogP contribution in [0.5, 0.6) is 0 Å². The SMILES string of the molecule is CC1(C)C2CCC1(C)C(OC(=O)C1CCC1)C2. The molecular formula is C15H24O2. The third kappa shape index (κ3) is 1.42. The molecule has 3 aliphatic carbocycles. The Morgan fingerprint density at radius 3 is 2.29 bits per heavy atom. The van der Waals surface area contributed by atoms with Crippen LogP contribution in [0.15, 0.2) is 0 Å². The predicted molar refractivity (Wildman–Crippen MR) is 66.5 cm³/mol. The monoisotopic (exact) mass is 236 g/mol. The Hall–Kier alpha value is -0.530. The maximum Gasteiger partial charge on any atom is 0.309 e. The lowest BCUT2D eigenvalue weighted by molar-refractivity contribution is -0.164. The molecule has 0 heterocycles. The van der Waals surface area contributed by atoms with Crippen LogP contribution >= 0.6 is 0 Å². The van der Waals surface area contributed by atoms with Crippen molar-refractivity contribution in [3.8, 4) is 0 Å². The van der Waals surface area contributed by atoms with E-state index in [1.807, 2.05) is 0 Å². The van der Waals surface area contributed by atoms with Crippen molar-refractivity contribution in [1.82, 2.24) is 0 Å². The minimum Gasteiger partial charge on any atom is -0.462 e. The normalized spacial score (nSPS) is 43.5. The summed E-state index contributed by atoms with van der Waals surface area (Å²) in [6.45, 7) is 7.06. The summed E-state index contributed by atoms with van der Waals surface area (Å²) in [6, 6.07) is 0. The maximum absolute atomic E-state index is 12.0. The van der Waals surface area contributed by atoms with Gasteiger partial charge >= 0.3 is 5.97 Å². The van der Waals surface area contributed by atoms with Crippen molar-refractivity contribution >= 4 is 5.97 Å². The summed E-state index contributed by atoms with van der Waals surface area (Å²) in [4.78, 5) is 12.0. The first-order valence-electron chi connectivity index (χ1n) is 7.15. The van der Waals surface area contributed by atoms with E-state index in [0.717, 1.165) is 25.2 Å². The van der Waals surface area contributed by atoms with Gasteiger partial charge in [0.2, 0.25) is 0 Å². The van der Waals surface area contributed by atoms with Crippen LogP contribution in [0.1, 0.15) is 59.3 Å². The van der Waals surface area contributed by atoms with Crippen LogP contribution < -0.4 is 0 Å². The molecule has 0 aromatic carbocycles. The van der Waals surface area contributed by atoms with Gasteiger partial charge in [-0.1, -0.05) is 27.2 Å². The van der Waals surface area contributed by atoms with Gasteiger partial charge in [0.1, 0.15) is 6.10 Å². The minimum atomic E-state index is 0.0887. The van der Waals surface area contributed by atoms with Crippen molar-refractivity contribution in [1.29, 1.82) is 0 Å². The molecule has 3 saturated carbocycles. The number of hydrogen-bond acceptors (Lipinski definition) is 2. The molecule has 3 rings (SSSR count). The summed E-state index contributed by atoms with van der Waals surface area (Å²) >= 11 is 0. The Labute approximate surface area is 104 Å². The molecule has 2 heteroatoms. The van der Waals surface area contributed by atoms with Crippen LogP contribution in [0.3, 0.4) is 0 Å². The van der Waals surface area contributed by atoms with E-state index in [2.05, 4.69) is 20.8 Å². The smallest absolute Gasteiger partial charge is 0.309 e. The summed E-state index contributed by atoms with van der Waals surface area (Å²) in [5, 5.41) is 0. The highest BCUT2D eigenvalue weighted by Gasteiger charge is 2.63. The van der Waals surface area contributed by atoms with E-state index in [9.17, 15) is 4.79 Å². The largest absolute Gasteiger partial charge is 0.462 e. The van der Waals surface area contributed by atoms with Gasteiger partial charge in [-0.3, -0.25) is 4.79 Å². The standard InChI is InChI=1S/C15H24O2/c1-14(2)11-7-8-15(14,3)12(9-11)17-13(16)10-5-4-6-10/h10-12H,4-9H2,1-3H3. The van der Waals surface area contributed by atoms with Crippen LogP contribution in [-0.2, 0) is 9.53 Å². The molecule has 0 amide bonds. The van der Waals surface area contributed by atoms with Crippen LogP contribution in [-0.4, -0.2) is 12.1 Å². The lowest BCUT2D eigenvalue weighted by atomic mass is 9.70. The number of hydrogen-bond donors (Lipinski definition) is 0. The highest BCUT2D eigenvalue weighted by Crippen LogP contribution is 2.66. The van der Waals surface area contributed by atoms with Gasteiger partial charge in [0.25, 0.3) is 0 Å². The second kappa shape index (κ2) is 3.49. The predicted octanol–water partition coefficient (Wildman–Crippen LogP) is 3.54. The molecule has 96 valence electrons. The van der Waals surface area contributed by atoms with Crippen molar-refractivity contribution < 1.29 is 9.53 Å². The molecular weight excluding hydrogens is 212 g/mol. The molecule has 3 atom stereocenters. The molecule has 3 fully saturated rings. The van der Waals surface area contributed by atoms with E-state index < -0.39 is 0 Å². The number of fused-ring (bicyclic) bond motifs is 2. The summed E-state index contributed by atoms with van der Waals surface area (Å²) in [7, 11) is 0. The van der Waals surface area contributed by atoms with E-state index in [1.165, 1.54) is 19.3 Å². The zero-order valence-corrected chi connectivity index (χ0v) is 11.3. The van der Waals surface area contributed by atoms with Crippen molar-refractivity contribution in [2.45, 2.75) is 65.4 Å². The fourth-order valence-electron chi connectivity index (χ4n) is 4.19. The number of rotatable bonds is 2. The molecule has 0 saturated heterocycles. The number of esters is 1. The van der Waals surface area contributed by atoms with E-state index in [0.29, 0.717) is 5.41 Å². The molecule has 0 spiro atoms. The summed E-state index contributed by atoms with van der Waals surface area (Å²) < 4.78 is 5.85. The lowest BCUT2D eigenvalue weighted by Crippen LogP contribution is -2.40. The van der Waals surface area contributed by atoms with Gasteiger partial charge in [0, 0.05) is 5.41 Å². The Bertz CT molecular complexity index is 343. The quantitative estimate of drug-likeness (QED) is 0.685. The second-order valence-corrected chi connectivity index (χ2v) is 7.16. The van der Waals surface area contributed by atoms with E-state index in [1.54, 1.807) is 0 Å². The average Bonchev–Trinajstić information content (AvgIpc) is 2.47. The zero-order valence-electron chi connectivity index (χ0n) is 11.3. The van der Waals surface area contributed by atoms with E-state index >= 15 is 0 Å². The molecule has 0 radical (unpaired) electrons. The van der Waals surface area contributed by atoms with Gasteiger partial charge in [0.15, 0.2) is 0 Å². The fraction of sp³-hybridized carbons (Fsp3) is 0.933. The van der Waals surface area contributed by atoms with E-state index in [4.69, 9.17) is 4.74 Å². The van der Waals surface area contributed by atoms with Gasteiger partial charge in [-0.2, -0.15) is 0 Å². The van der Waals surface area contributed by atoms with Gasteiger partial charge in [-0.05, 0) is 43.4 Å². The Morgan fingerprint density at radius 2 is 1.88 bits per heavy atom. The third-order valence-corrected chi connectivity index (χ3v) is 6.41. The highest BCUT2D eigenvalue weighted by molar-refractivity contribution is 5.73. The molecule has 3 unspecified atom stereocenters. The summed E-state index contributed by atoms with van der Waals surface area (Å²) in [5.41, 5.74) is 0.564. The van der Waals surface area contributed by atoms with Crippen molar-refractivity contribution in [3.63, 3.8) is 0 Å². The van der Waals surface area contributed by atoms with Gasteiger partial charge in [-0.25, -0.2) is 0 Å². The first-order valence-corrected chi connectivity index (χ1v) is 7.15. The van der Waals surface area contributed by atoms with Crippen LogP contribution in [0.25, 0.3) is 0 Å². The van der Waals surface area contributed by atoms with Crippen LogP contribution in [0.4, 0.5) is 0 Å². The Balaban J connectivity index is 1.71. The molecule has 3 aliphatic rings. The molecule has 2 bridgehead atoms. The molecule has 0 aliphatic heterocycles. The molecule has 17 heavy (non-hydrogen) atoms. The minimum absolute atomic E-state index is 0.0887. The molecule has 0 aromatic rings. The number of carbonyl (C=O) groups is 1. The van der Waals surface area contributed by atoms with Crippen LogP contribution in [0.2, 0.25) is 0 Å². The summed E-state index contributed by atoms with van der Waals surface area (Å²) in [5.74, 6) is 1.07. The van der Waals surface area contributed by atoms with Crippen molar-refractivity contribution in [2.24, 2.45) is 22.7 Å². The van der Waals surface area contributed by atoms with Gasteiger partial charge < -0.3 is 4.74 Å². The van der Waals surface area contributed by atoms with Gasteiger partial charge in [-0.15, -0.1) is 0 Å². The summed E-state index contributed by atoms with van der Waals surface area (Å²) in [6.07, 6.45) is 7.14. The Kier molecular flexibility index (Phi) is 2.37. The highest BCUT2D eigenvalue weighted by atomic mass is 16.5. The molecule has 0 N–H and O–H groups in total. The van der Waals surface area contributed by atoms with Crippen molar-refractivity contribution in [3.05, 3.63) is 0 Å². The fourth-order valence-corrected chi connectivity index (χ4v) is 4.19. The number of carbonyl (C=O) groups excluding carboxylic acids is 1. The van der Waals surface area contributed by atoms with Gasteiger partial charge in [0.05, 0.1) is 5.92 Å². The second-order valence-electron chi connectivity index (χ2n) is 7.16. The third-order valence-electron chi connectivity index (χ3n) is 6.41. The maximum atomic E-state index is 12.0. The van der Waals surface area contributed by atoms with Crippen molar-refractivity contribution in [2.75, 3.05) is 0 Å². The first kappa shape index (κ1) is 11.6. The van der Waals surface area contributed by atoms with Crippen LogP contribution in [0, 0.1) is 22.7 Å². The topological polar surface area (TPSA) is 26.3 Å². The van der Waals surface area contributed by atoms with E-state index in [-0.39, 0.29) is 23.4 Å². The lowest BCUT2D eigenvalue weighted by Gasteiger charge is -2.39.